The molecule has 10 heteroatoms. The highest BCUT2D eigenvalue weighted by atomic mass is 32.2. The van der Waals surface area contributed by atoms with Crippen molar-refractivity contribution in [2.75, 3.05) is 13.2 Å². The molecule has 0 aliphatic rings. The van der Waals surface area contributed by atoms with Gasteiger partial charge in [0.25, 0.3) is 5.91 Å². The minimum Gasteiger partial charge on any atom is -0.452 e. The number of nitrogens with one attached hydrogen (secondary N) is 3. The van der Waals surface area contributed by atoms with Gasteiger partial charge in [-0.15, -0.1) is 0 Å². The summed E-state index contributed by atoms with van der Waals surface area (Å²) in [6, 6.07) is 4.49. The molecule has 1 aromatic carbocycles. The first kappa shape index (κ1) is 22.6. The molecule has 0 unspecified atom stereocenters. The number of carbonyl (C=O) groups is 3. The number of amides is 3. The first-order valence-electron chi connectivity index (χ1n) is 8.56. The normalized spacial score (nSPS) is 12.1. The van der Waals surface area contributed by atoms with E-state index in [0.717, 1.165) is 6.07 Å². The van der Waals surface area contributed by atoms with Crippen LogP contribution in [0.5, 0.6) is 0 Å². The molecule has 0 aliphatic carbocycles. The lowest BCUT2D eigenvalue weighted by Gasteiger charge is -2.12. The van der Waals surface area contributed by atoms with E-state index in [2.05, 4.69) is 10.0 Å². The second-order valence-corrected chi connectivity index (χ2v) is 7.60. The third-order valence-electron chi connectivity index (χ3n) is 3.50. The van der Waals surface area contributed by atoms with Gasteiger partial charge in [0.05, 0.1) is 10.5 Å². The monoisotopic (exact) mass is 399 g/mol. The highest BCUT2D eigenvalue weighted by molar-refractivity contribution is 7.89. The molecule has 150 valence electrons. The average molecular weight is 399 g/mol. The van der Waals surface area contributed by atoms with Crippen molar-refractivity contribution in [1.82, 2.24) is 15.4 Å². The van der Waals surface area contributed by atoms with E-state index < -0.39 is 34.5 Å². The Kier molecular flexibility index (Phi) is 8.89. The molecule has 0 fully saturated rings. The summed E-state index contributed by atoms with van der Waals surface area (Å²) in [6.07, 6.45) is 1.32. The Labute approximate surface area is 158 Å². The topological polar surface area (TPSA) is 131 Å². The third-order valence-corrected chi connectivity index (χ3v) is 4.96. The van der Waals surface area contributed by atoms with Gasteiger partial charge in [-0.3, -0.25) is 10.1 Å². The van der Waals surface area contributed by atoms with Gasteiger partial charge in [0.1, 0.15) is 0 Å². The van der Waals surface area contributed by atoms with E-state index in [-0.39, 0.29) is 23.0 Å². The van der Waals surface area contributed by atoms with E-state index >= 15 is 0 Å². The van der Waals surface area contributed by atoms with Gasteiger partial charge in [-0.1, -0.05) is 19.9 Å². The van der Waals surface area contributed by atoms with E-state index in [0.29, 0.717) is 12.8 Å². The second-order valence-electron chi connectivity index (χ2n) is 5.83. The summed E-state index contributed by atoms with van der Waals surface area (Å²) in [5.74, 6) is -1.67. The molecular weight excluding hydrogens is 374 g/mol. The summed E-state index contributed by atoms with van der Waals surface area (Å²) in [6.45, 7) is 5.08. The molecule has 1 atom stereocenters. The number of hydrogen-bond acceptors (Lipinski definition) is 6. The first-order valence-corrected chi connectivity index (χ1v) is 10.0. The minimum absolute atomic E-state index is 0.0220. The van der Waals surface area contributed by atoms with Crippen molar-refractivity contribution in [3.63, 3.8) is 0 Å². The Bertz CT molecular complexity index is 779. The lowest BCUT2D eigenvalue weighted by Crippen LogP contribution is -2.44. The van der Waals surface area contributed by atoms with Gasteiger partial charge in [0, 0.05) is 12.6 Å². The summed E-state index contributed by atoms with van der Waals surface area (Å²) >= 11 is 0. The lowest BCUT2D eigenvalue weighted by atomic mass is 10.2. The molecule has 3 amide bonds. The van der Waals surface area contributed by atoms with Gasteiger partial charge in [-0.2, -0.15) is 0 Å². The molecule has 1 aromatic rings. The zero-order valence-electron chi connectivity index (χ0n) is 15.6. The van der Waals surface area contributed by atoms with Crippen molar-refractivity contribution < 1.29 is 27.5 Å². The maximum Gasteiger partial charge on any atom is 0.338 e. The van der Waals surface area contributed by atoms with Crippen LogP contribution in [0.3, 0.4) is 0 Å². The van der Waals surface area contributed by atoms with Gasteiger partial charge in [0.15, 0.2) is 6.61 Å². The molecule has 27 heavy (non-hydrogen) atoms. The summed E-state index contributed by atoms with van der Waals surface area (Å²) < 4.78 is 31.4. The fourth-order valence-electron chi connectivity index (χ4n) is 1.85. The number of imide groups is 1. The van der Waals surface area contributed by atoms with Crippen LogP contribution >= 0.6 is 0 Å². The maximum absolute atomic E-state index is 12.1. The molecule has 0 bridgehead atoms. The highest BCUT2D eigenvalue weighted by Crippen LogP contribution is 2.12. The van der Waals surface area contributed by atoms with Gasteiger partial charge in [0.2, 0.25) is 10.0 Å². The molecular formula is C17H25N3O6S. The van der Waals surface area contributed by atoms with Gasteiger partial charge >= 0.3 is 12.0 Å². The lowest BCUT2D eigenvalue weighted by molar-refractivity contribution is -0.123. The number of urea groups is 1. The largest absolute Gasteiger partial charge is 0.452 e. The van der Waals surface area contributed by atoms with Gasteiger partial charge in [-0.05, 0) is 38.0 Å². The quantitative estimate of drug-likeness (QED) is 0.534. The number of ether oxygens (including phenoxy) is 1. The summed E-state index contributed by atoms with van der Waals surface area (Å²) in [5.41, 5.74) is -0.0220. The van der Waals surface area contributed by atoms with Crippen LogP contribution in [0.4, 0.5) is 4.79 Å². The molecule has 0 aromatic heterocycles. The van der Waals surface area contributed by atoms with Crippen LogP contribution in [0.15, 0.2) is 29.2 Å². The van der Waals surface area contributed by atoms with Crippen molar-refractivity contribution in [3.05, 3.63) is 29.8 Å². The highest BCUT2D eigenvalue weighted by Gasteiger charge is 2.17. The van der Waals surface area contributed by atoms with Crippen LogP contribution in [0.25, 0.3) is 0 Å². The molecule has 0 aliphatic heterocycles. The van der Waals surface area contributed by atoms with Crippen LogP contribution in [-0.4, -0.2) is 45.5 Å². The Hall–Kier alpha value is -2.46. The number of esters is 1. The molecule has 0 heterocycles. The first-order chi connectivity index (χ1) is 12.7. The third kappa shape index (κ3) is 7.75. The second kappa shape index (κ2) is 10.6. The summed E-state index contributed by atoms with van der Waals surface area (Å²) in [5, 5.41) is 4.57. The van der Waals surface area contributed by atoms with E-state index in [1.54, 1.807) is 6.92 Å². The number of sulfonamides is 1. The molecule has 1 rings (SSSR count). The smallest absolute Gasteiger partial charge is 0.338 e. The van der Waals surface area contributed by atoms with Crippen molar-refractivity contribution >= 4 is 27.9 Å². The molecule has 3 N–H and O–H groups in total. The fourth-order valence-corrected chi connectivity index (χ4v) is 3.03. The van der Waals surface area contributed by atoms with Crippen LogP contribution in [-0.2, 0) is 19.6 Å². The number of hydrogen-bond donors (Lipinski definition) is 3. The van der Waals surface area contributed by atoms with E-state index in [9.17, 15) is 22.8 Å². The molecule has 0 radical (unpaired) electrons. The van der Waals surface area contributed by atoms with Crippen LogP contribution < -0.4 is 15.4 Å². The Morgan fingerprint density at radius 1 is 1.19 bits per heavy atom. The minimum atomic E-state index is -3.73. The van der Waals surface area contributed by atoms with E-state index in [1.165, 1.54) is 18.2 Å². The van der Waals surface area contributed by atoms with Crippen molar-refractivity contribution in [2.24, 2.45) is 0 Å². The standard InChI is InChI=1S/C17H25N3O6S/c1-4-9-18-27(24,25)14-8-6-7-13(10-14)16(22)26-11-15(21)20-17(23)19-12(3)5-2/h6-8,10,12,18H,4-5,9,11H2,1-3H3,(H2,19,20,21,23)/t12-/m1/s1. The van der Waals surface area contributed by atoms with E-state index in [4.69, 9.17) is 4.74 Å². The predicted octanol–water partition coefficient (Wildman–Crippen LogP) is 1.16. The average Bonchev–Trinajstić information content (AvgIpc) is 2.64. The van der Waals surface area contributed by atoms with Crippen LogP contribution in [0.2, 0.25) is 0 Å². The Morgan fingerprint density at radius 3 is 2.52 bits per heavy atom. The molecule has 9 nitrogen and oxygen atoms in total. The molecule has 0 saturated heterocycles. The summed E-state index contributed by atoms with van der Waals surface area (Å²) in [7, 11) is -3.73. The summed E-state index contributed by atoms with van der Waals surface area (Å²) in [4.78, 5) is 35.1. The predicted molar refractivity (Wildman–Crippen MR) is 98.6 cm³/mol. The van der Waals surface area contributed by atoms with Gasteiger partial charge < -0.3 is 10.1 Å². The maximum atomic E-state index is 12.1. The van der Waals surface area contributed by atoms with Crippen molar-refractivity contribution in [1.29, 1.82) is 0 Å². The molecule has 0 spiro atoms. The zero-order valence-corrected chi connectivity index (χ0v) is 16.4. The Morgan fingerprint density at radius 2 is 1.89 bits per heavy atom. The van der Waals surface area contributed by atoms with Crippen LogP contribution in [0, 0.1) is 0 Å². The number of carbonyl (C=O) groups excluding carboxylic acids is 3. The van der Waals surface area contributed by atoms with Gasteiger partial charge in [-0.25, -0.2) is 22.7 Å². The zero-order chi connectivity index (χ0) is 20.4. The van der Waals surface area contributed by atoms with E-state index in [1.807, 2.05) is 19.2 Å². The number of rotatable bonds is 9. The fraction of sp³-hybridized carbons (Fsp3) is 0.471. The SMILES string of the molecule is CCCNS(=O)(=O)c1cccc(C(=O)OCC(=O)NC(=O)N[C@H](C)CC)c1. The number of benzene rings is 1. The van der Waals surface area contributed by atoms with Crippen LogP contribution in [0.1, 0.15) is 44.0 Å². The van der Waals surface area contributed by atoms with Crippen molar-refractivity contribution in [2.45, 2.75) is 44.6 Å². The molecule has 0 saturated carbocycles. The Balaban J connectivity index is 2.64. The van der Waals surface area contributed by atoms with Crippen molar-refractivity contribution in [3.8, 4) is 0 Å².